The van der Waals surface area contributed by atoms with Gasteiger partial charge >= 0.3 is 5.97 Å². The van der Waals surface area contributed by atoms with E-state index in [0.717, 1.165) is 50.3 Å². The molecule has 2 aliphatic rings. The zero-order chi connectivity index (χ0) is 29.1. The lowest BCUT2D eigenvalue weighted by Gasteiger charge is -2.32. The number of piperidine rings is 1. The summed E-state index contributed by atoms with van der Waals surface area (Å²) in [5.74, 6) is 1.10. The Morgan fingerprint density at radius 1 is 1.12 bits per heavy atom. The van der Waals surface area contributed by atoms with Crippen LogP contribution < -0.4 is 4.74 Å². The van der Waals surface area contributed by atoms with Crippen molar-refractivity contribution < 1.29 is 23.4 Å². The first-order valence-electron chi connectivity index (χ1n) is 14.2. The van der Waals surface area contributed by atoms with E-state index < -0.39 is 11.8 Å². The number of carbonyl (C=O) groups is 1. The molecule has 2 aliphatic heterocycles. The van der Waals surface area contributed by atoms with E-state index in [4.69, 9.17) is 24.5 Å². The van der Waals surface area contributed by atoms with Gasteiger partial charge in [-0.2, -0.15) is 5.26 Å². The highest BCUT2D eigenvalue weighted by Crippen LogP contribution is 2.31. The summed E-state index contributed by atoms with van der Waals surface area (Å²) < 4.78 is 32.8. The molecule has 2 aromatic heterocycles. The molecule has 9 nitrogen and oxygen atoms in total. The van der Waals surface area contributed by atoms with Gasteiger partial charge in [0.25, 0.3) is 0 Å². The number of aromatic nitrogens is 3. The summed E-state index contributed by atoms with van der Waals surface area (Å²) in [5, 5.41) is 8.95. The van der Waals surface area contributed by atoms with Gasteiger partial charge in [0, 0.05) is 12.2 Å². The molecule has 42 heavy (non-hydrogen) atoms. The topological polar surface area (TPSA) is 102 Å². The van der Waals surface area contributed by atoms with Crippen molar-refractivity contribution in [1.29, 1.82) is 5.26 Å². The van der Waals surface area contributed by atoms with Crippen LogP contribution in [0.5, 0.6) is 5.75 Å². The highest BCUT2D eigenvalue weighted by molar-refractivity contribution is 5.89. The predicted molar refractivity (Wildman–Crippen MR) is 152 cm³/mol. The fourth-order valence-electron chi connectivity index (χ4n) is 5.59. The largest absolute Gasteiger partial charge is 0.489 e. The van der Waals surface area contributed by atoms with Crippen molar-refractivity contribution in [3.63, 3.8) is 0 Å². The molecule has 1 atom stereocenters. The summed E-state index contributed by atoms with van der Waals surface area (Å²) in [6.07, 6.45) is 3.10. The fourth-order valence-corrected chi connectivity index (χ4v) is 5.59. The van der Waals surface area contributed by atoms with Gasteiger partial charge in [-0.15, -0.1) is 0 Å². The zero-order valence-corrected chi connectivity index (χ0v) is 23.5. The number of fused-ring (bicyclic) bond motifs is 1. The molecule has 4 aromatic rings. The Bertz CT molecular complexity index is 1640. The summed E-state index contributed by atoms with van der Waals surface area (Å²) >= 11 is 0. The number of ether oxygens (including phenoxy) is 3. The average Bonchev–Trinajstić information content (AvgIpc) is 3.34. The molecule has 0 bridgehead atoms. The van der Waals surface area contributed by atoms with Crippen molar-refractivity contribution in [3.05, 3.63) is 88.6 Å². The average molecular weight is 570 g/mol. The summed E-state index contributed by atoms with van der Waals surface area (Å²) in [4.78, 5) is 24.0. The maximum absolute atomic E-state index is 14.3. The summed E-state index contributed by atoms with van der Waals surface area (Å²) in [5.41, 5.74) is 3.61. The standard InChI is InChI=1S/C32H32FN5O4/c1-40-32(39)29-8-7-28-31(36-29)38(18-26-11-14-41-26)30(35-28)19-37-12-9-22(10-13-37)23-3-2-4-25(16-23)42-20-24-6-5-21(17-34)15-27(24)33/h2-8,15-16,22,26H,9-14,18-20H2,1H3/t26-/m0/s1. The van der Waals surface area contributed by atoms with Gasteiger partial charge < -0.3 is 18.8 Å². The molecule has 10 heteroatoms. The third-order valence-corrected chi connectivity index (χ3v) is 8.10. The number of nitrogens with zero attached hydrogens (tertiary/aromatic N) is 5. The van der Waals surface area contributed by atoms with Crippen molar-refractivity contribution in [1.82, 2.24) is 19.4 Å². The van der Waals surface area contributed by atoms with Gasteiger partial charge in [0.1, 0.15) is 29.5 Å². The van der Waals surface area contributed by atoms with Gasteiger partial charge in [0.15, 0.2) is 11.3 Å². The molecule has 0 saturated carbocycles. The highest BCUT2D eigenvalue weighted by Gasteiger charge is 2.26. The molecule has 6 rings (SSSR count). The van der Waals surface area contributed by atoms with Crippen LogP contribution in [-0.2, 0) is 29.2 Å². The maximum atomic E-state index is 14.3. The normalized spacial score (nSPS) is 17.5. The van der Waals surface area contributed by atoms with E-state index in [9.17, 15) is 9.18 Å². The molecule has 4 heterocycles. The Morgan fingerprint density at radius 2 is 1.95 bits per heavy atom. The van der Waals surface area contributed by atoms with Crippen molar-refractivity contribution in [2.45, 2.75) is 51.0 Å². The van der Waals surface area contributed by atoms with E-state index in [0.29, 0.717) is 41.5 Å². The number of esters is 1. The molecule has 0 spiro atoms. The minimum Gasteiger partial charge on any atom is -0.489 e. The quantitative estimate of drug-likeness (QED) is 0.260. The number of halogens is 1. The van der Waals surface area contributed by atoms with Crippen molar-refractivity contribution >= 4 is 17.1 Å². The van der Waals surface area contributed by atoms with E-state index >= 15 is 0 Å². The Kier molecular flexibility index (Phi) is 8.13. The molecule has 0 unspecified atom stereocenters. The lowest BCUT2D eigenvalue weighted by molar-refractivity contribution is -0.0593. The first-order chi connectivity index (χ1) is 20.5. The lowest BCUT2D eigenvalue weighted by atomic mass is 9.89. The van der Waals surface area contributed by atoms with Crippen LogP contribution in [0.25, 0.3) is 11.2 Å². The van der Waals surface area contributed by atoms with E-state index in [1.807, 2.05) is 30.3 Å². The molecule has 2 fully saturated rings. The van der Waals surface area contributed by atoms with Gasteiger partial charge in [0.05, 0.1) is 37.9 Å². The van der Waals surface area contributed by atoms with Gasteiger partial charge in [-0.3, -0.25) is 4.90 Å². The zero-order valence-electron chi connectivity index (χ0n) is 23.5. The number of rotatable bonds is 9. The van der Waals surface area contributed by atoms with Gasteiger partial charge in [-0.1, -0.05) is 18.2 Å². The smallest absolute Gasteiger partial charge is 0.356 e. The molecule has 216 valence electrons. The number of carbonyl (C=O) groups excluding carboxylic acids is 1. The number of imidazole rings is 1. The summed E-state index contributed by atoms with van der Waals surface area (Å²) in [7, 11) is 1.35. The lowest BCUT2D eigenvalue weighted by Crippen LogP contribution is -2.35. The minimum absolute atomic E-state index is 0.0995. The Hall–Kier alpha value is -4.33. The van der Waals surface area contributed by atoms with E-state index in [1.165, 1.54) is 18.7 Å². The first kappa shape index (κ1) is 27.8. The second-order valence-electron chi connectivity index (χ2n) is 10.8. The van der Waals surface area contributed by atoms with E-state index in [2.05, 4.69) is 20.5 Å². The van der Waals surface area contributed by atoms with Crippen molar-refractivity contribution in [2.75, 3.05) is 26.8 Å². The molecule has 2 saturated heterocycles. The Balaban J connectivity index is 1.10. The second kappa shape index (κ2) is 12.3. The van der Waals surface area contributed by atoms with Crippen LogP contribution in [0.2, 0.25) is 0 Å². The van der Waals surface area contributed by atoms with Gasteiger partial charge in [-0.25, -0.2) is 19.2 Å². The maximum Gasteiger partial charge on any atom is 0.356 e. The minimum atomic E-state index is -0.468. The number of likely N-dealkylation sites (tertiary alicyclic amines) is 1. The van der Waals surface area contributed by atoms with Gasteiger partial charge in [0.2, 0.25) is 0 Å². The SMILES string of the molecule is COC(=O)c1ccc2nc(CN3CCC(c4cccc(OCc5ccc(C#N)cc5F)c4)CC3)n(C[C@@H]3CCO3)c2n1. The van der Waals surface area contributed by atoms with Crippen LogP contribution in [0.4, 0.5) is 4.39 Å². The molecular weight excluding hydrogens is 537 g/mol. The van der Waals surface area contributed by atoms with Crippen LogP contribution in [-0.4, -0.2) is 58.3 Å². The van der Waals surface area contributed by atoms with Crippen LogP contribution in [0.3, 0.4) is 0 Å². The third-order valence-electron chi connectivity index (χ3n) is 8.10. The van der Waals surface area contributed by atoms with E-state index in [-0.39, 0.29) is 18.4 Å². The number of hydrogen-bond donors (Lipinski definition) is 0. The number of benzene rings is 2. The fraction of sp³-hybridized carbons (Fsp3) is 0.375. The molecule has 0 N–H and O–H groups in total. The number of hydrogen-bond acceptors (Lipinski definition) is 8. The molecular formula is C32H32FN5O4. The Morgan fingerprint density at radius 3 is 2.67 bits per heavy atom. The Labute approximate surface area is 243 Å². The van der Waals surface area contributed by atoms with Gasteiger partial charge in [-0.05, 0) is 80.2 Å². The first-order valence-corrected chi connectivity index (χ1v) is 14.2. The number of pyridine rings is 1. The number of nitriles is 1. The van der Waals surface area contributed by atoms with Crippen LogP contribution in [0.1, 0.15) is 58.2 Å². The van der Waals surface area contributed by atoms with Crippen LogP contribution in [0.15, 0.2) is 54.6 Å². The highest BCUT2D eigenvalue weighted by atomic mass is 19.1. The number of methoxy groups -OCH3 is 1. The molecule has 2 aromatic carbocycles. The predicted octanol–water partition coefficient (Wildman–Crippen LogP) is 4.98. The van der Waals surface area contributed by atoms with Crippen molar-refractivity contribution in [3.8, 4) is 11.8 Å². The second-order valence-corrected chi connectivity index (χ2v) is 10.8. The van der Waals surface area contributed by atoms with E-state index in [1.54, 1.807) is 18.2 Å². The third kappa shape index (κ3) is 5.98. The summed E-state index contributed by atoms with van der Waals surface area (Å²) in [6.45, 7) is 4.02. The van der Waals surface area contributed by atoms with Crippen molar-refractivity contribution in [2.24, 2.45) is 0 Å². The van der Waals surface area contributed by atoms with Crippen LogP contribution >= 0.6 is 0 Å². The molecule has 0 radical (unpaired) electrons. The van der Waals surface area contributed by atoms with Crippen LogP contribution in [0, 0.1) is 17.1 Å². The monoisotopic (exact) mass is 569 g/mol. The summed E-state index contributed by atoms with van der Waals surface area (Å²) in [6, 6.07) is 17.9. The molecule has 0 aliphatic carbocycles. The molecule has 0 amide bonds.